The van der Waals surface area contributed by atoms with Gasteiger partial charge in [-0.2, -0.15) is 0 Å². The molecule has 2 aromatic rings. The summed E-state index contributed by atoms with van der Waals surface area (Å²) >= 11 is 5.68. The summed E-state index contributed by atoms with van der Waals surface area (Å²) in [5, 5.41) is 8.86. The van der Waals surface area contributed by atoms with E-state index in [1.807, 2.05) is 0 Å². The van der Waals surface area contributed by atoms with Crippen LogP contribution >= 0.6 is 11.6 Å². The normalized spacial score (nSPS) is 10.3. The smallest absolute Gasteiger partial charge is 0.337 e. The first kappa shape index (κ1) is 12.4. The Bertz CT molecular complexity index is 628. The van der Waals surface area contributed by atoms with Gasteiger partial charge in [-0.1, -0.05) is 23.7 Å². The maximum absolute atomic E-state index is 13.0. The number of benzene rings is 2. The van der Waals surface area contributed by atoms with E-state index in [1.54, 1.807) is 12.1 Å². The van der Waals surface area contributed by atoms with Gasteiger partial charge in [0.1, 0.15) is 5.82 Å². The first-order chi connectivity index (χ1) is 8.49. The van der Waals surface area contributed by atoms with Crippen LogP contribution < -0.4 is 5.73 Å². The Morgan fingerprint density at radius 3 is 2.33 bits per heavy atom. The monoisotopic (exact) mass is 265 g/mol. The number of hydrogen-bond donors (Lipinski definition) is 2. The van der Waals surface area contributed by atoms with Crippen LogP contribution in [0.25, 0.3) is 11.1 Å². The summed E-state index contributed by atoms with van der Waals surface area (Å²) in [6.07, 6.45) is 0. The van der Waals surface area contributed by atoms with E-state index in [2.05, 4.69) is 0 Å². The molecule has 18 heavy (non-hydrogen) atoms. The Labute approximate surface area is 108 Å². The molecule has 0 atom stereocenters. The maximum Gasteiger partial charge on any atom is 0.337 e. The predicted molar refractivity (Wildman–Crippen MR) is 68.2 cm³/mol. The molecule has 0 unspecified atom stereocenters. The Balaban J connectivity index is 2.48. The van der Waals surface area contributed by atoms with Crippen LogP contribution in [0.4, 0.5) is 10.1 Å². The van der Waals surface area contributed by atoms with Crippen LogP contribution in [-0.2, 0) is 0 Å². The molecule has 5 heteroatoms. The van der Waals surface area contributed by atoms with Crippen molar-refractivity contribution in [2.24, 2.45) is 0 Å². The van der Waals surface area contributed by atoms with Crippen molar-refractivity contribution in [1.82, 2.24) is 0 Å². The summed E-state index contributed by atoms with van der Waals surface area (Å²) < 4.78 is 13.0. The van der Waals surface area contributed by atoms with Crippen LogP contribution in [0.3, 0.4) is 0 Å². The zero-order valence-electron chi connectivity index (χ0n) is 9.15. The minimum absolute atomic E-state index is 0.00776. The third-order valence-electron chi connectivity index (χ3n) is 2.53. The lowest BCUT2D eigenvalue weighted by atomic mass is 10.0. The molecule has 0 aromatic heterocycles. The lowest BCUT2D eigenvalue weighted by Gasteiger charge is -2.06. The second kappa shape index (κ2) is 4.66. The number of anilines is 1. The van der Waals surface area contributed by atoms with Crippen molar-refractivity contribution in [1.29, 1.82) is 0 Å². The largest absolute Gasteiger partial charge is 0.478 e. The van der Waals surface area contributed by atoms with Gasteiger partial charge in [0.2, 0.25) is 0 Å². The number of nitrogen functional groups attached to an aromatic ring is 1. The standard InChI is InChI=1S/C13H9ClFNO2/c14-10-5-7(2-4-11(10)15)8-1-3-9(13(17)18)12(16)6-8/h1-6H,16H2,(H,17,18). The summed E-state index contributed by atoms with van der Waals surface area (Å²) in [7, 11) is 0. The second-order valence-corrected chi connectivity index (χ2v) is 4.14. The number of hydrogen-bond acceptors (Lipinski definition) is 2. The number of carboxylic acids is 1. The average molecular weight is 266 g/mol. The first-order valence-electron chi connectivity index (χ1n) is 5.07. The highest BCUT2D eigenvalue weighted by atomic mass is 35.5. The van der Waals surface area contributed by atoms with Gasteiger partial charge in [-0.05, 0) is 35.4 Å². The molecule has 0 saturated heterocycles. The zero-order chi connectivity index (χ0) is 13.3. The third kappa shape index (κ3) is 2.28. The highest BCUT2D eigenvalue weighted by molar-refractivity contribution is 6.31. The molecule has 0 heterocycles. The number of rotatable bonds is 2. The van der Waals surface area contributed by atoms with Crippen molar-refractivity contribution in [3.05, 3.63) is 52.8 Å². The number of carbonyl (C=O) groups is 1. The van der Waals surface area contributed by atoms with Gasteiger partial charge in [0.15, 0.2) is 0 Å². The minimum atomic E-state index is -1.09. The van der Waals surface area contributed by atoms with Gasteiger partial charge in [-0.15, -0.1) is 0 Å². The summed E-state index contributed by atoms with van der Waals surface area (Å²) in [6.45, 7) is 0. The van der Waals surface area contributed by atoms with E-state index in [9.17, 15) is 9.18 Å². The average Bonchev–Trinajstić information content (AvgIpc) is 2.32. The number of halogens is 2. The van der Waals surface area contributed by atoms with Crippen LogP contribution in [0, 0.1) is 5.82 Å². The van der Waals surface area contributed by atoms with Gasteiger partial charge < -0.3 is 10.8 Å². The Morgan fingerprint density at radius 1 is 1.17 bits per heavy atom. The molecule has 2 aromatic carbocycles. The Morgan fingerprint density at radius 2 is 1.78 bits per heavy atom. The van der Waals surface area contributed by atoms with Crippen molar-refractivity contribution in [2.75, 3.05) is 5.73 Å². The Kier molecular flexibility index (Phi) is 3.21. The molecule has 3 N–H and O–H groups in total. The van der Waals surface area contributed by atoms with Gasteiger partial charge in [0.25, 0.3) is 0 Å². The molecule has 0 aliphatic carbocycles. The lowest BCUT2D eigenvalue weighted by Crippen LogP contribution is -2.02. The van der Waals surface area contributed by atoms with Gasteiger partial charge in [-0.3, -0.25) is 0 Å². The highest BCUT2D eigenvalue weighted by Gasteiger charge is 2.09. The molecule has 92 valence electrons. The van der Waals surface area contributed by atoms with Crippen molar-refractivity contribution in [3.63, 3.8) is 0 Å². The van der Waals surface area contributed by atoms with Crippen LogP contribution in [-0.4, -0.2) is 11.1 Å². The van der Waals surface area contributed by atoms with Crippen molar-refractivity contribution < 1.29 is 14.3 Å². The fourth-order valence-electron chi connectivity index (χ4n) is 1.61. The van der Waals surface area contributed by atoms with E-state index < -0.39 is 11.8 Å². The molecular weight excluding hydrogens is 257 g/mol. The SMILES string of the molecule is Nc1cc(-c2ccc(F)c(Cl)c2)ccc1C(=O)O. The maximum atomic E-state index is 13.0. The van der Waals surface area contributed by atoms with Gasteiger partial charge >= 0.3 is 5.97 Å². The van der Waals surface area contributed by atoms with Gasteiger partial charge in [-0.25, -0.2) is 9.18 Å². The summed E-state index contributed by atoms with van der Waals surface area (Å²) in [5.41, 5.74) is 7.18. The lowest BCUT2D eigenvalue weighted by molar-refractivity contribution is 0.0698. The van der Waals surface area contributed by atoms with Crippen molar-refractivity contribution in [2.45, 2.75) is 0 Å². The molecule has 0 saturated carbocycles. The molecule has 0 aliphatic rings. The number of nitrogens with two attached hydrogens (primary N) is 1. The highest BCUT2D eigenvalue weighted by Crippen LogP contribution is 2.27. The van der Waals surface area contributed by atoms with Crippen LogP contribution in [0.2, 0.25) is 5.02 Å². The Hall–Kier alpha value is -2.07. The molecular formula is C13H9ClFNO2. The minimum Gasteiger partial charge on any atom is -0.478 e. The van der Waals surface area contributed by atoms with Crippen LogP contribution in [0.15, 0.2) is 36.4 Å². The van der Waals surface area contributed by atoms with E-state index >= 15 is 0 Å². The van der Waals surface area contributed by atoms with E-state index in [-0.39, 0.29) is 16.3 Å². The first-order valence-corrected chi connectivity index (χ1v) is 5.45. The van der Waals surface area contributed by atoms with Crippen LogP contribution in [0.1, 0.15) is 10.4 Å². The zero-order valence-corrected chi connectivity index (χ0v) is 9.91. The van der Waals surface area contributed by atoms with Crippen molar-refractivity contribution in [3.8, 4) is 11.1 Å². The number of aromatic carboxylic acids is 1. The topological polar surface area (TPSA) is 63.3 Å². The van der Waals surface area contributed by atoms with Crippen molar-refractivity contribution >= 4 is 23.3 Å². The molecule has 0 bridgehead atoms. The quantitative estimate of drug-likeness (QED) is 0.818. The molecule has 0 fully saturated rings. The number of carboxylic acid groups (broad SMARTS) is 1. The molecule has 2 rings (SSSR count). The molecule has 3 nitrogen and oxygen atoms in total. The fourth-order valence-corrected chi connectivity index (χ4v) is 1.79. The van der Waals surface area contributed by atoms with E-state index in [4.69, 9.17) is 22.4 Å². The predicted octanol–water partition coefficient (Wildman–Crippen LogP) is 3.43. The molecule has 0 spiro atoms. The third-order valence-corrected chi connectivity index (χ3v) is 2.82. The summed E-state index contributed by atoms with van der Waals surface area (Å²) in [6, 6.07) is 8.79. The molecule has 0 amide bonds. The van der Waals surface area contributed by atoms with Gasteiger partial charge in [0, 0.05) is 5.69 Å². The van der Waals surface area contributed by atoms with E-state index in [0.717, 1.165) is 0 Å². The second-order valence-electron chi connectivity index (χ2n) is 3.74. The van der Waals surface area contributed by atoms with Gasteiger partial charge in [0.05, 0.1) is 10.6 Å². The summed E-state index contributed by atoms with van der Waals surface area (Å²) in [4.78, 5) is 10.8. The molecule has 0 aliphatic heterocycles. The van der Waals surface area contributed by atoms with Crippen LogP contribution in [0.5, 0.6) is 0 Å². The van der Waals surface area contributed by atoms with E-state index in [1.165, 1.54) is 24.3 Å². The fraction of sp³-hybridized carbons (Fsp3) is 0. The van der Waals surface area contributed by atoms with E-state index in [0.29, 0.717) is 11.1 Å². The molecule has 0 radical (unpaired) electrons. The summed E-state index contributed by atoms with van der Waals surface area (Å²) in [5.74, 6) is -1.59.